The molecule has 21 heavy (non-hydrogen) atoms. The van der Waals surface area contributed by atoms with Crippen LogP contribution in [0.5, 0.6) is 5.75 Å². The second-order valence-corrected chi connectivity index (χ2v) is 4.70. The van der Waals surface area contributed by atoms with Crippen LogP contribution in [0.1, 0.15) is 32.3 Å². The van der Waals surface area contributed by atoms with Gasteiger partial charge in [-0.3, -0.25) is 4.79 Å². The maximum absolute atomic E-state index is 11.8. The van der Waals surface area contributed by atoms with Crippen molar-refractivity contribution in [2.45, 2.75) is 39.3 Å². The molecule has 0 saturated carbocycles. The molecule has 0 aliphatic carbocycles. The standard InChI is InChI=1S/C16H25NO4/c1-3-9-17-15(16(19)20-4-2)8-10-21-14-7-5-6-13(11-14)12-18/h5-7,11,15,17-18H,3-4,8-10,12H2,1-2H3. The number of benzene rings is 1. The van der Waals surface area contributed by atoms with Gasteiger partial charge in [0.05, 0.1) is 19.8 Å². The summed E-state index contributed by atoms with van der Waals surface area (Å²) in [4.78, 5) is 11.8. The first kappa shape index (κ1) is 17.5. The van der Waals surface area contributed by atoms with Crippen LogP contribution in [0, 0.1) is 0 Å². The van der Waals surface area contributed by atoms with Gasteiger partial charge in [-0.15, -0.1) is 0 Å². The molecular weight excluding hydrogens is 270 g/mol. The van der Waals surface area contributed by atoms with Crippen LogP contribution in [0.25, 0.3) is 0 Å². The van der Waals surface area contributed by atoms with Gasteiger partial charge in [0, 0.05) is 6.42 Å². The molecule has 0 spiro atoms. The van der Waals surface area contributed by atoms with Crippen LogP contribution in [-0.2, 0) is 16.1 Å². The van der Waals surface area contributed by atoms with E-state index >= 15 is 0 Å². The summed E-state index contributed by atoms with van der Waals surface area (Å²) in [5.74, 6) is 0.457. The summed E-state index contributed by atoms with van der Waals surface area (Å²) in [7, 11) is 0. The number of aliphatic hydroxyl groups excluding tert-OH is 1. The third-order valence-electron chi connectivity index (χ3n) is 2.97. The smallest absolute Gasteiger partial charge is 0.323 e. The van der Waals surface area contributed by atoms with Crippen molar-refractivity contribution in [3.05, 3.63) is 29.8 Å². The minimum Gasteiger partial charge on any atom is -0.494 e. The van der Waals surface area contributed by atoms with E-state index in [-0.39, 0.29) is 18.6 Å². The Morgan fingerprint density at radius 3 is 2.86 bits per heavy atom. The Morgan fingerprint density at radius 2 is 2.19 bits per heavy atom. The summed E-state index contributed by atoms with van der Waals surface area (Å²) in [6, 6.07) is 6.94. The van der Waals surface area contributed by atoms with Gasteiger partial charge in [0.1, 0.15) is 11.8 Å². The molecule has 0 fully saturated rings. The van der Waals surface area contributed by atoms with Gasteiger partial charge in [-0.25, -0.2) is 0 Å². The fraction of sp³-hybridized carbons (Fsp3) is 0.562. The van der Waals surface area contributed by atoms with E-state index in [1.54, 1.807) is 13.0 Å². The molecule has 1 aromatic rings. The molecule has 0 aliphatic heterocycles. The number of hydrogen-bond donors (Lipinski definition) is 2. The first-order chi connectivity index (χ1) is 10.2. The van der Waals surface area contributed by atoms with Gasteiger partial charge < -0.3 is 19.9 Å². The van der Waals surface area contributed by atoms with Crippen LogP contribution in [0.2, 0.25) is 0 Å². The first-order valence-electron chi connectivity index (χ1n) is 7.43. The topological polar surface area (TPSA) is 67.8 Å². The third-order valence-corrected chi connectivity index (χ3v) is 2.97. The highest BCUT2D eigenvalue weighted by molar-refractivity contribution is 5.75. The molecule has 0 heterocycles. The van der Waals surface area contributed by atoms with E-state index in [9.17, 15) is 4.79 Å². The molecule has 5 heteroatoms. The van der Waals surface area contributed by atoms with E-state index < -0.39 is 0 Å². The van der Waals surface area contributed by atoms with E-state index in [1.165, 1.54) is 0 Å². The monoisotopic (exact) mass is 295 g/mol. The zero-order valence-electron chi connectivity index (χ0n) is 12.8. The van der Waals surface area contributed by atoms with Crippen molar-refractivity contribution < 1.29 is 19.4 Å². The van der Waals surface area contributed by atoms with Gasteiger partial charge in [0.25, 0.3) is 0 Å². The maximum Gasteiger partial charge on any atom is 0.323 e. The van der Waals surface area contributed by atoms with E-state index in [1.807, 2.05) is 25.1 Å². The number of rotatable bonds is 10. The summed E-state index contributed by atoms with van der Waals surface area (Å²) >= 11 is 0. The normalized spacial score (nSPS) is 12.0. The molecule has 1 atom stereocenters. The number of ether oxygens (including phenoxy) is 2. The van der Waals surface area contributed by atoms with Crippen LogP contribution in [0.3, 0.4) is 0 Å². The van der Waals surface area contributed by atoms with Crippen LogP contribution in [0.15, 0.2) is 24.3 Å². The Bertz CT molecular complexity index is 422. The van der Waals surface area contributed by atoms with Crippen molar-refractivity contribution in [3.63, 3.8) is 0 Å². The van der Waals surface area contributed by atoms with E-state index in [0.29, 0.717) is 25.4 Å². The number of carbonyl (C=O) groups excluding carboxylic acids is 1. The SMILES string of the molecule is CCCNC(CCOc1cccc(CO)c1)C(=O)OCC. The van der Waals surface area contributed by atoms with Gasteiger partial charge in [0.15, 0.2) is 0 Å². The highest BCUT2D eigenvalue weighted by Crippen LogP contribution is 2.13. The minimum absolute atomic E-state index is 0.0132. The number of esters is 1. The average molecular weight is 295 g/mol. The number of aliphatic hydroxyl groups is 1. The van der Waals surface area contributed by atoms with E-state index in [4.69, 9.17) is 14.6 Å². The zero-order valence-corrected chi connectivity index (χ0v) is 12.8. The molecule has 0 aromatic heterocycles. The predicted octanol–water partition coefficient (Wildman–Crippen LogP) is 1.88. The van der Waals surface area contributed by atoms with Crippen LogP contribution < -0.4 is 10.1 Å². The van der Waals surface area contributed by atoms with Crippen molar-refractivity contribution >= 4 is 5.97 Å². The molecule has 0 saturated heterocycles. The Balaban J connectivity index is 2.45. The van der Waals surface area contributed by atoms with E-state index in [0.717, 1.165) is 18.5 Å². The van der Waals surface area contributed by atoms with Crippen molar-refractivity contribution in [2.75, 3.05) is 19.8 Å². The minimum atomic E-state index is -0.342. The fourth-order valence-corrected chi connectivity index (χ4v) is 1.89. The van der Waals surface area contributed by atoms with E-state index in [2.05, 4.69) is 5.32 Å². The largest absolute Gasteiger partial charge is 0.494 e. The van der Waals surface area contributed by atoms with Crippen LogP contribution in [0.4, 0.5) is 0 Å². The second kappa shape index (κ2) is 10.2. The van der Waals surface area contributed by atoms with Crippen LogP contribution in [-0.4, -0.2) is 36.9 Å². The van der Waals surface area contributed by atoms with Gasteiger partial charge in [-0.1, -0.05) is 19.1 Å². The molecule has 1 rings (SSSR count). The summed E-state index contributed by atoms with van der Waals surface area (Å²) < 4.78 is 10.7. The van der Waals surface area contributed by atoms with Crippen LogP contribution >= 0.6 is 0 Å². The zero-order chi connectivity index (χ0) is 15.5. The summed E-state index contributed by atoms with van der Waals surface area (Å²) in [6.45, 7) is 5.39. The second-order valence-electron chi connectivity index (χ2n) is 4.70. The quantitative estimate of drug-likeness (QED) is 0.645. The van der Waals surface area contributed by atoms with Crippen molar-refractivity contribution in [1.82, 2.24) is 5.32 Å². The lowest BCUT2D eigenvalue weighted by molar-refractivity contribution is -0.146. The average Bonchev–Trinajstić information content (AvgIpc) is 2.51. The third kappa shape index (κ3) is 6.60. The highest BCUT2D eigenvalue weighted by atomic mass is 16.5. The van der Waals surface area contributed by atoms with Crippen molar-refractivity contribution in [1.29, 1.82) is 0 Å². The highest BCUT2D eigenvalue weighted by Gasteiger charge is 2.18. The van der Waals surface area contributed by atoms with Crippen molar-refractivity contribution in [2.24, 2.45) is 0 Å². The summed E-state index contributed by atoms with van der Waals surface area (Å²) in [5, 5.41) is 12.2. The maximum atomic E-state index is 11.8. The molecule has 5 nitrogen and oxygen atoms in total. The molecule has 118 valence electrons. The predicted molar refractivity (Wildman–Crippen MR) is 81.2 cm³/mol. The number of nitrogens with one attached hydrogen (secondary N) is 1. The summed E-state index contributed by atoms with van der Waals surface area (Å²) in [5.41, 5.74) is 0.804. The lowest BCUT2D eigenvalue weighted by Gasteiger charge is -2.17. The lowest BCUT2D eigenvalue weighted by atomic mass is 10.2. The Hall–Kier alpha value is -1.59. The molecular formula is C16H25NO4. The van der Waals surface area contributed by atoms with Gasteiger partial charge in [0.2, 0.25) is 0 Å². The summed E-state index contributed by atoms with van der Waals surface area (Å²) in [6.07, 6.45) is 1.50. The Kier molecular flexibility index (Phi) is 8.47. The van der Waals surface area contributed by atoms with Gasteiger partial charge >= 0.3 is 5.97 Å². The van der Waals surface area contributed by atoms with Crippen molar-refractivity contribution in [3.8, 4) is 5.75 Å². The number of hydrogen-bond acceptors (Lipinski definition) is 5. The Morgan fingerprint density at radius 1 is 1.38 bits per heavy atom. The molecule has 0 bridgehead atoms. The molecule has 0 amide bonds. The first-order valence-corrected chi connectivity index (χ1v) is 7.43. The Labute approximate surface area is 126 Å². The molecule has 0 aliphatic rings. The molecule has 1 unspecified atom stereocenters. The van der Waals surface area contributed by atoms with Gasteiger partial charge in [-0.05, 0) is 37.6 Å². The van der Waals surface area contributed by atoms with Gasteiger partial charge in [-0.2, -0.15) is 0 Å². The lowest BCUT2D eigenvalue weighted by Crippen LogP contribution is -2.39. The molecule has 0 radical (unpaired) electrons. The molecule has 1 aromatic carbocycles. The fourth-order valence-electron chi connectivity index (χ4n) is 1.89. The molecule has 2 N–H and O–H groups in total. The number of carbonyl (C=O) groups is 1.